The van der Waals surface area contributed by atoms with E-state index in [2.05, 4.69) is 10.6 Å². The maximum Gasteiger partial charge on any atom is 0.251 e. The molecular weight excluding hydrogens is 473 g/mol. The lowest BCUT2D eigenvalue weighted by molar-refractivity contribution is -0.124. The first kappa shape index (κ1) is 23.5. The van der Waals surface area contributed by atoms with Crippen LogP contribution in [0.4, 0.5) is 17.1 Å². The molecule has 1 unspecified atom stereocenters. The van der Waals surface area contributed by atoms with Gasteiger partial charge in [-0.05, 0) is 48.9 Å². The normalized spacial score (nSPS) is 15.1. The molecule has 1 aliphatic heterocycles. The number of hydrogen-bond donors (Lipinski definition) is 2. The van der Waals surface area contributed by atoms with Gasteiger partial charge in [0.05, 0.1) is 27.8 Å². The smallest absolute Gasteiger partial charge is 0.251 e. The van der Waals surface area contributed by atoms with Gasteiger partial charge in [-0.15, -0.1) is 0 Å². The lowest BCUT2D eigenvalue weighted by Gasteiger charge is -2.35. The van der Waals surface area contributed by atoms with Crippen LogP contribution in [-0.2, 0) is 14.4 Å². The number of anilines is 3. The first-order valence-corrected chi connectivity index (χ1v) is 11.3. The van der Waals surface area contributed by atoms with Gasteiger partial charge >= 0.3 is 0 Å². The molecule has 0 aliphatic carbocycles. The Bertz CT molecular complexity index is 1290. The second-order valence-corrected chi connectivity index (χ2v) is 8.67. The van der Waals surface area contributed by atoms with Gasteiger partial charge in [0.2, 0.25) is 11.8 Å². The molecule has 3 aromatic carbocycles. The van der Waals surface area contributed by atoms with Crippen LogP contribution < -0.4 is 15.5 Å². The van der Waals surface area contributed by atoms with Crippen molar-refractivity contribution < 1.29 is 14.4 Å². The summed E-state index contributed by atoms with van der Waals surface area (Å²) in [5, 5.41) is 6.15. The fourth-order valence-electron chi connectivity index (χ4n) is 3.63. The van der Waals surface area contributed by atoms with Crippen molar-refractivity contribution >= 4 is 64.1 Å². The molecule has 0 aromatic heterocycles. The molecule has 3 amide bonds. The number of nitrogens with zero attached hydrogens (tertiary/aromatic N) is 1. The van der Waals surface area contributed by atoms with E-state index in [1.165, 1.54) is 17.0 Å². The van der Waals surface area contributed by atoms with E-state index >= 15 is 0 Å². The average molecular weight is 494 g/mol. The maximum absolute atomic E-state index is 13.3. The van der Waals surface area contributed by atoms with Gasteiger partial charge in [-0.2, -0.15) is 0 Å². The van der Waals surface area contributed by atoms with E-state index in [4.69, 9.17) is 23.2 Å². The van der Waals surface area contributed by atoms with E-state index in [0.717, 1.165) is 11.1 Å². The van der Waals surface area contributed by atoms with E-state index in [0.29, 0.717) is 27.1 Å². The molecule has 1 heterocycles. The van der Waals surface area contributed by atoms with Gasteiger partial charge in [-0.1, -0.05) is 65.2 Å². The lowest BCUT2D eigenvalue weighted by Crippen LogP contribution is -2.52. The molecule has 0 saturated heterocycles. The number of amides is 3. The van der Waals surface area contributed by atoms with Crippen LogP contribution in [-0.4, -0.2) is 23.8 Å². The minimum atomic E-state index is -1.03. The molecule has 172 valence electrons. The number of carbonyl (C=O) groups excluding carboxylic acids is 3. The third kappa shape index (κ3) is 5.30. The van der Waals surface area contributed by atoms with E-state index < -0.39 is 23.8 Å². The number of fused-ring (bicyclic) bond motifs is 1. The highest BCUT2D eigenvalue weighted by molar-refractivity contribution is 6.42. The number of halogens is 2. The van der Waals surface area contributed by atoms with E-state index in [1.807, 2.05) is 31.2 Å². The van der Waals surface area contributed by atoms with Gasteiger partial charge in [0.1, 0.15) is 6.04 Å². The third-order valence-electron chi connectivity index (χ3n) is 5.35. The molecule has 4 rings (SSSR count). The fraction of sp³-hybridized carbons (Fsp3) is 0.115. The Kier molecular flexibility index (Phi) is 7.01. The van der Waals surface area contributed by atoms with Gasteiger partial charge in [-0.3, -0.25) is 19.3 Å². The monoisotopic (exact) mass is 493 g/mol. The molecule has 2 N–H and O–H groups in total. The number of rotatable bonds is 5. The van der Waals surface area contributed by atoms with Crippen LogP contribution in [0.25, 0.3) is 6.08 Å². The van der Waals surface area contributed by atoms with Crippen molar-refractivity contribution in [1.82, 2.24) is 0 Å². The first-order valence-electron chi connectivity index (χ1n) is 10.5. The van der Waals surface area contributed by atoms with E-state index in [9.17, 15) is 14.4 Å². The summed E-state index contributed by atoms with van der Waals surface area (Å²) in [6.45, 7) is 1.98. The summed E-state index contributed by atoms with van der Waals surface area (Å²) >= 11 is 11.9. The highest BCUT2D eigenvalue weighted by atomic mass is 35.5. The molecule has 1 atom stereocenters. The summed E-state index contributed by atoms with van der Waals surface area (Å²) in [4.78, 5) is 40.3. The SMILES string of the molecule is Cc1ccc(/C=C/C(=O)N2c3ccccc3NC(=O)C2CC(=O)Nc2ccc(Cl)c(Cl)c2)cc1. The zero-order valence-corrected chi connectivity index (χ0v) is 19.7. The number of hydrogen-bond acceptors (Lipinski definition) is 3. The van der Waals surface area contributed by atoms with Gasteiger partial charge in [0.25, 0.3) is 5.91 Å². The summed E-state index contributed by atoms with van der Waals surface area (Å²) in [6.07, 6.45) is 2.85. The standard InChI is InChI=1S/C26H21Cl2N3O3/c1-16-6-8-17(9-7-16)10-13-25(33)31-22-5-3-2-4-21(22)30-26(34)23(31)15-24(32)29-18-11-12-19(27)20(28)14-18/h2-14,23H,15H2,1H3,(H,29,32)(H,30,34)/b13-10+. The Morgan fingerprint density at radius 3 is 2.50 bits per heavy atom. The van der Waals surface area contributed by atoms with Crippen molar-refractivity contribution in [2.75, 3.05) is 15.5 Å². The molecule has 0 saturated carbocycles. The Morgan fingerprint density at radius 2 is 1.76 bits per heavy atom. The van der Waals surface area contributed by atoms with Gasteiger partial charge in [0, 0.05) is 11.8 Å². The van der Waals surface area contributed by atoms with Crippen LogP contribution in [0.15, 0.2) is 72.8 Å². The van der Waals surface area contributed by atoms with Crippen molar-refractivity contribution in [3.63, 3.8) is 0 Å². The van der Waals surface area contributed by atoms with Crippen molar-refractivity contribution in [1.29, 1.82) is 0 Å². The average Bonchev–Trinajstić information content (AvgIpc) is 2.81. The number of nitrogens with one attached hydrogen (secondary N) is 2. The topological polar surface area (TPSA) is 78.5 Å². The summed E-state index contributed by atoms with van der Waals surface area (Å²) in [6, 6.07) is 18.3. The van der Waals surface area contributed by atoms with Gasteiger partial charge in [-0.25, -0.2) is 0 Å². The quantitative estimate of drug-likeness (QED) is 0.447. The van der Waals surface area contributed by atoms with E-state index in [1.54, 1.807) is 42.5 Å². The van der Waals surface area contributed by atoms with Crippen LogP contribution in [0.3, 0.4) is 0 Å². The Balaban J connectivity index is 1.59. The second-order valence-electron chi connectivity index (χ2n) is 7.86. The Morgan fingerprint density at radius 1 is 1.03 bits per heavy atom. The van der Waals surface area contributed by atoms with Crippen LogP contribution >= 0.6 is 23.2 Å². The molecule has 0 fully saturated rings. The lowest BCUT2D eigenvalue weighted by atomic mass is 10.0. The molecule has 3 aromatic rings. The number of benzene rings is 3. The number of aryl methyl sites for hydroxylation is 1. The van der Waals surface area contributed by atoms with Crippen molar-refractivity contribution in [3.8, 4) is 0 Å². The largest absolute Gasteiger partial charge is 0.326 e. The molecule has 1 aliphatic rings. The second kappa shape index (κ2) is 10.1. The number of carbonyl (C=O) groups is 3. The van der Waals surface area contributed by atoms with Crippen molar-refractivity contribution in [3.05, 3.63) is 94.0 Å². The molecule has 0 spiro atoms. The predicted molar refractivity (Wildman–Crippen MR) is 136 cm³/mol. The van der Waals surface area contributed by atoms with Crippen LogP contribution in [0.5, 0.6) is 0 Å². The molecule has 6 nitrogen and oxygen atoms in total. The maximum atomic E-state index is 13.3. The van der Waals surface area contributed by atoms with Crippen molar-refractivity contribution in [2.45, 2.75) is 19.4 Å². The highest BCUT2D eigenvalue weighted by Gasteiger charge is 2.37. The summed E-state index contributed by atoms with van der Waals surface area (Å²) < 4.78 is 0. The molecule has 0 bridgehead atoms. The van der Waals surface area contributed by atoms with Gasteiger partial charge in [0.15, 0.2) is 0 Å². The zero-order chi connectivity index (χ0) is 24.2. The van der Waals surface area contributed by atoms with Crippen molar-refractivity contribution in [2.24, 2.45) is 0 Å². The summed E-state index contributed by atoms with van der Waals surface area (Å²) in [5.74, 6) is -1.30. The molecule has 8 heteroatoms. The third-order valence-corrected chi connectivity index (χ3v) is 6.09. The molecular formula is C26H21Cl2N3O3. The van der Waals surface area contributed by atoms with Gasteiger partial charge < -0.3 is 10.6 Å². The highest BCUT2D eigenvalue weighted by Crippen LogP contribution is 2.33. The zero-order valence-electron chi connectivity index (χ0n) is 18.2. The van der Waals surface area contributed by atoms with Crippen LogP contribution in [0.1, 0.15) is 17.5 Å². The minimum absolute atomic E-state index is 0.246. The first-order chi connectivity index (χ1) is 16.3. The predicted octanol–water partition coefficient (Wildman–Crippen LogP) is 5.70. The number of para-hydroxylation sites is 2. The summed E-state index contributed by atoms with van der Waals surface area (Å²) in [5.41, 5.74) is 3.42. The van der Waals surface area contributed by atoms with Crippen LogP contribution in [0, 0.1) is 6.92 Å². The summed E-state index contributed by atoms with van der Waals surface area (Å²) in [7, 11) is 0. The van der Waals surface area contributed by atoms with E-state index in [-0.39, 0.29) is 6.42 Å². The Labute approximate surface area is 207 Å². The fourth-order valence-corrected chi connectivity index (χ4v) is 3.93. The Hall–Kier alpha value is -3.61. The van der Waals surface area contributed by atoms with Crippen LogP contribution in [0.2, 0.25) is 10.0 Å². The molecule has 34 heavy (non-hydrogen) atoms. The molecule has 0 radical (unpaired) electrons. The minimum Gasteiger partial charge on any atom is -0.326 e.